The second-order valence-electron chi connectivity index (χ2n) is 4.50. The van der Waals surface area contributed by atoms with Crippen molar-refractivity contribution in [3.63, 3.8) is 0 Å². The summed E-state index contributed by atoms with van der Waals surface area (Å²) in [6.07, 6.45) is 0. The van der Waals surface area contributed by atoms with E-state index in [4.69, 9.17) is 10.5 Å². The minimum absolute atomic E-state index is 0.169. The summed E-state index contributed by atoms with van der Waals surface area (Å²) in [6, 6.07) is 9.75. The molecule has 0 aromatic heterocycles. The van der Waals surface area contributed by atoms with Gasteiger partial charge in [0.1, 0.15) is 10.6 Å². The van der Waals surface area contributed by atoms with Crippen LogP contribution in [-0.2, 0) is 10.0 Å². The molecule has 2 aromatic carbocycles. The summed E-state index contributed by atoms with van der Waals surface area (Å²) in [7, 11) is -2.19. The Morgan fingerprint density at radius 2 is 1.90 bits per heavy atom. The highest BCUT2D eigenvalue weighted by Gasteiger charge is 2.18. The van der Waals surface area contributed by atoms with Crippen LogP contribution >= 0.6 is 15.9 Å². The Balaban J connectivity index is 2.35. The van der Waals surface area contributed by atoms with Gasteiger partial charge in [-0.25, -0.2) is 8.42 Å². The minimum atomic E-state index is -3.69. The van der Waals surface area contributed by atoms with Gasteiger partial charge in [0.15, 0.2) is 0 Å². The highest BCUT2D eigenvalue weighted by Crippen LogP contribution is 2.28. The van der Waals surface area contributed by atoms with E-state index in [1.807, 2.05) is 6.92 Å². The number of ether oxygens (including phenoxy) is 1. The molecule has 2 rings (SSSR count). The quantitative estimate of drug-likeness (QED) is 0.809. The maximum absolute atomic E-state index is 12.4. The first-order chi connectivity index (χ1) is 9.83. The number of hydrogen-bond donors (Lipinski definition) is 2. The summed E-state index contributed by atoms with van der Waals surface area (Å²) in [4.78, 5) is 0.169. The lowest BCUT2D eigenvalue weighted by atomic mass is 10.2. The van der Waals surface area contributed by atoms with Crippen LogP contribution in [0.3, 0.4) is 0 Å². The van der Waals surface area contributed by atoms with Crippen LogP contribution in [0, 0.1) is 6.92 Å². The Morgan fingerprint density at radius 3 is 2.48 bits per heavy atom. The number of rotatable bonds is 4. The number of nitrogens with two attached hydrogens (primary N) is 1. The molecule has 112 valence electrons. The number of nitrogen functional groups attached to an aromatic ring is 1. The third-order valence-electron chi connectivity index (χ3n) is 2.86. The molecule has 7 heteroatoms. The molecule has 0 aliphatic heterocycles. The average molecular weight is 371 g/mol. The van der Waals surface area contributed by atoms with Gasteiger partial charge in [0, 0.05) is 4.47 Å². The van der Waals surface area contributed by atoms with Crippen LogP contribution in [0.5, 0.6) is 5.75 Å². The lowest BCUT2D eigenvalue weighted by Gasteiger charge is -2.12. The van der Waals surface area contributed by atoms with Crippen LogP contribution in [-0.4, -0.2) is 15.5 Å². The van der Waals surface area contributed by atoms with E-state index >= 15 is 0 Å². The third-order valence-corrected chi connectivity index (χ3v) is 5.22. The molecule has 0 aliphatic carbocycles. The van der Waals surface area contributed by atoms with Gasteiger partial charge in [0.05, 0.1) is 18.5 Å². The summed E-state index contributed by atoms with van der Waals surface area (Å²) >= 11 is 3.27. The fraction of sp³-hybridized carbons (Fsp3) is 0.143. The molecule has 0 unspecified atom stereocenters. The van der Waals surface area contributed by atoms with E-state index in [1.54, 1.807) is 30.3 Å². The first kappa shape index (κ1) is 15.7. The van der Waals surface area contributed by atoms with Crippen LogP contribution in [0.25, 0.3) is 0 Å². The molecule has 0 bridgehead atoms. The van der Waals surface area contributed by atoms with Crippen molar-refractivity contribution in [1.29, 1.82) is 0 Å². The number of halogens is 1. The zero-order chi connectivity index (χ0) is 15.6. The van der Waals surface area contributed by atoms with Gasteiger partial charge in [-0.1, -0.05) is 6.07 Å². The van der Waals surface area contributed by atoms with E-state index in [0.29, 0.717) is 21.6 Å². The van der Waals surface area contributed by atoms with Crippen molar-refractivity contribution in [2.24, 2.45) is 0 Å². The van der Waals surface area contributed by atoms with Crippen molar-refractivity contribution in [2.75, 3.05) is 17.6 Å². The third kappa shape index (κ3) is 3.48. The van der Waals surface area contributed by atoms with Crippen molar-refractivity contribution < 1.29 is 13.2 Å². The molecule has 2 aromatic rings. The molecule has 0 fully saturated rings. The Labute approximate surface area is 132 Å². The molecule has 21 heavy (non-hydrogen) atoms. The first-order valence-electron chi connectivity index (χ1n) is 6.06. The molecule has 0 amide bonds. The Bertz CT molecular complexity index is 776. The molecule has 0 radical (unpaired) electrons. The van der Waals surface area contributed by atoms with Crippen molar-refractivity contribution in [2.45, 2.75) is 11.8 Å². The molecule has 3 N–H and O–H groups in total. The number of hydrogen-bond acceptors (Lipinski definition) is 4. The van der Waals surface area contributed by atoms with E-state index in [9.17, 15) is 8.42 Å². The SMILES string of the molecule is COc1ccc(NS(=O)(=O)c2ccc(C)cc2Br)cc1N. The van der Waals surface area contributed by atoms with Crippen molar-refractivity contribution >= 4 is 37.3 Å². The van der Waals surface area contributed by atoms with Gasteiger partial charge in [-0.05, 0) is 58.7 Å². The number of benzene rings is 2. The highest BCUT2D eigenvalue weighted by molar-refractivity contribution is 9.10. The molecule has 5 nitrogen and oxygen atoms in total. The molecule has 0 saturated carbocycles. The summed E-state index contributed by atoms with van der Waals surface area (Å²) in [5.41, 5.74) is 7.47. The zero-order valence-corrected chi connectivity index (χ0v) is 14.0. The van der Waals surface area contributed by atoms with Gasteiger partial charge < -0.3 is 10.5 Å². The van der Waals surface area contributed by atoms with E-state index in [1.165, 1.54) is 13.2 Å². The van der Waals surface area contributed by atoms with Crippen molar-refractivity contribution in [3.8, 4) is 5.75 Å². The lowest BCUT2D eigenvalue weighted by molar-refractivity contribution is 0.417. The number of nitrogens with one attached hydrogen (secondary N) is 1. The fourth-order valence-corrected chi connectivity index (χ4v) is 4.07. The summed E-state index contributed by atoms with van der Waals surface area (Å²) in [6.45, 7) is 1.89. The predicted molar refractivity (Wildman–Crippen MR) is 87.1 cm³/mol. The molecule has 0 heterocycles. The van der Waals surface area contributed by atoms with Gasteiger partial charge in [0.25, 0.3) is 10.0 Å². The number of sulfonamides is 1. The van der Waals surface area contributed by atoms with Gasteiger partial charge in [-0.15, -0.1) is 0 Å². The summed E-state index contributed by atoms with van der Waals surface area (Å²) < 4.78 is 32.8. The van der Waals surface area contributed by atoms with Crippen molar-refractivity contribution in [1.82, 2.24) is 0 Å². The maximum atomic E-state index is 12.4. The number of aryl methyl sites for hydroxylation is 1. The Hall–Kier alpha value is -1.73. The van der Waals surface area contributed by atoms with Gasteiger partial charge >= 0.3 is 0 Å². The number of anilines is 2. The second-order valence-corrected chi connectivity index (χ2v) is 7.00. The first-order valence-corrected chi connectivity index (χ1v) is 8.33. The predicted octanol–water partition coefficient (Wildman–Crippen LogP) is 3.15. The monoisotopic (exact) mass is 370 g/mol. The molecule has 0 saturated heterocycles. The van der Waals surface area contributed by atoms with Crippen LogP contribution in [0.15, 0.2) is 45.8 Å². The minimum Gasteiger partial charge on any atom is -0.495 e. The molecule has 0 aliphatic rings. The molecular formula is C14H15BrN2O3S. The largest absolute Gasteiger partial charge is 0.495 e. The molecular weight excluding hydrogens is 356 g/mol. The van der Waals surface area contributed by atoms with Crippen LogP contribution in [0.2, 0.25) is 0 Å². The second kappa shape index (κ2) is 5.95. The fourth-order valence-electron chi connectivity index (χ4n) is 1.83. The molecule has 0 spiro atoms. The van der Waals surface area contributed by atoms with Gasteiger partial charge in [-0.2, -0.15) is 0 Å². The maximum Gasteiger partial charge on any atom is 0.263 e. The molecule has 0 atom stereocenters. The standard InChI is InChI=1S/C14H15BrN2O3S/c1-9-3-6-14(11(15)7-9)21(18,19)17-10-4-5-13(20-2)12(16)8-10/h3-8,17H,16H2,1-2H3. The topological polar surface area (TPSA) is 81.4 Å². The van der Waals surface area contributed by atoms with E-state index < -0.39 is 10.0 Å². The van der Waals surface area contributed by atoms with Crippen molar-refractivity contribution in [3.05, 3.63) is 46.4 Å². The van der Waals surface area contributed by atoms with Gasteiger partial charge in [-0.3, -0.25) is 4.72 Å². The van der Waals surface area contributed by atoms with Crippen LogP contribution in [0.4, 0.5) is 11.4 Å². The normalized spacial score (nSPS) is 11.2. The van der Waals surface area contributed by atoms with E-state index in [2.05, 4.69) is 20.7 Å². The average Bonchev–Trinajstić information content (AvgIpc) is 2.37. The summed E-state index contributed by atoms with van der Waals surface area (Å²) in [5.74, 6) is 0.495. The van der Waals surface area contributed by atoms with Crippen LogP contribution < -0.4 is 15.2 Å². The van der Waals surface area contributed by atoms with Gasteiger partial charge in [0.2, 0.25) is 0 Å². The van der Waals surface area contributed by atoms with E-state index in [0.717, 1.165) is 5.56 Å². The smallest absolute Gasteiger partial charge is 0.263 e. The number of methoxy groups -OCH3 is 1. The summed E-state index contributed by atoms with van der Waals surface area (Å²) in [5, 5.41) is 0. The zero-order valence-electron chi connectivity index (χ0n) is 11.6. The Kier molecular flexibility index (Phi) is 4.43. The van der Waals surface area contributed by atoms with Crippen LogP contribution in [0.1, 0.15) is 5.56 Å². The van der Waals surface area contributed by atoms with E-state index in [-0.39, 0.29) is 4.90 Å². The lowest BCUT2D eigenvalue weighted by Crippen LogP contribution is -2.13. The highest BCUT2D eigenvalue weighted by atomic mass is 79.9. The Morgan fingerprint density at radius 1 is 1.19 bits per heavy atom.